The number of carbonyl (C=O) groups is 2. The lowest BCUT2D eigenvalue weighted by Gasteiger charge is -2.43. The lowest BCUT2D eigenvalue weighted by molar-refractivity contribution is -0.140. The lowest BCUT2D eigenvalue weighted by atomic mass is 9.94. The summed E-state index contributed by atoms with van der Waals surface area (Å²) >= 11 is 1.41. The molecule has 2 rings (SSSR count). The van der Waals surface area contributed by atoms with Gasteiger partial charge in [0.2, 0.25) is 5.91 Å². The molecule has 0 bridgehead atoms. The molecule has 0 aliphatic carbocycles. The zero-order valence-electron chi connectivity index (χ0n) is 9.37. The van der Waals surface area contributed by atoms with Crippen molar-refractivity contribution in [3.63, 3.8) is 0 Å². The number of hydrogen-bond acceptors (Lipinski definition) is 3. The van der Waals surface area contributed by atoms with E-state index >= 15 is 0 Å². The summed E-state index contributed by atoms with van der Waals surface area (Å²) in [5, 5.41) is 8.73. The predicted molar refractivity (Wildman–Crippen MR) is 66.1 cm³/mol. The number of β-lactam (4-membered cyclic amide) rings is 1. The van der Waals surface area contributed by atoms with Crippen LogP contribution in [-0.2, 0) is 11.2 Å². The number of nitrogens with zero attached hydrogens (tertiary/aromatic N) is 1. The first-order valence-electron chi connectivity index (χ1n) is 5.28. The Morgan fingerprint density at radius 1 is 1.41 bits per heavy atom. The molecule has 1 aromatic rings. The molecule has 4 nitrogen and oxygen atoms in total. The van der Waals surface area contributed by atoms with Gasteiger partial charge in [-0.15, -0.1) is 11.8 Å². The van der Waals surface area contributed by atoms with E-state index in [1.165, 1.54) is 11.8 Å². The Balaban J connectivity index is 2.13. The summed E-state index contributed by atoms with van der Waals surface area (Å²) in [7, 11) is 0. The standard InChI is InChI=1S/C12H13NO3S/c1-17-10-9(13(11(10)14)12(15)16)7-8-5-3-2-4-6-8/h2-6,9-10H,7H2,1H3,(H,15,16)/t9-,10-/m0/s1. The molecule has 1 saturated heterocycles. The number of imide groups is 1. The van der Waals surface area contributed by atoms with Gasteiger partial charge in [0, 0.05) is 0 Å². The Morgan fingerprint density at radius 3 is 2.59 bits per heavy atom. The summed E-state index contributed by atoms with van der Waals surface area (Å²) in [6, 6.07) is 9.39. The van der Waals surface area contributed by atoms with E-state index in [4.69, 9.17) is 5.11 Å². The quantitative estimate of drug-likeness (QED) is 0.833. The third kappa shape index (κ3) is 2.15. The summed E-state index contributed by atoms with van der Waals surface area (Å²) in [6.45, 7) is 0. The Labute approximate surface area is 104 Å². The second kappa shape index (κ2) is 4.79. The van der Waals surface area contributed by atoms with E-state index in [2.05, 4.69) is 0 Å². The maximum atomic E-state index is 11.6. The van der Waals surface area contributed by atoms with Gasteiger partial charge >= 0.3 is 6.09 Å². The maximum absolute atomic E-state index is 11.6. The van der Waals surface area contributed by atoms with Gasteiger partial charge in [-0.2, -0.15) is 0 Å². The molecule has 0 spiro atoms. The van der Waals surface area contributed by atoms with Crippen molar-refractivity contribution >= 4 is 23.8 Å². The van der Waals surface area contributed by atoms with Crippen molar-refractivity contribution in [1.29, 1.82) is 0 Å². The van der Waals surface area contributed by atoms with Crippen molar-refractivity contribution in [2.75, 3.05) is 6.26 Å². The summed E-state index contributed by atoms with van der Waals surface area (Å²) < 4.78 is 0. The molecule has 5 heteroatoms. The van der Waals surface area contributed by atoms with Gasteiger partial charge < -0.3 is 5.11 Å². The van der Waals surface area contributed by atoms with E-state index in [0.29, 0.717) is 6.42 Å². The Hall–Kier alpha value is -1.49. The van der Waals surface area contributed by atoms with Crippen molar-refractivity contribution < 1.29 is 14.7 Å². The number of carbonyl (C=O) groups excluding carboxylic acids is 1. The Kier molecular flexibility index (Phi) is 3.38. The van der Waals surface area contributed by atoms with Gasteiger partial charge in [0.25, 0.3) is 0 Å². The van der Waals surface area contributed by atoms with Crippen LogP contribution in [0.25, 0.3) is 0 Å². The molecular formula is C12H13NO3S. The van der Waals surface area contributed by atoms with Crippen molar-refractivity contribution in [2.24, 2.45) is 0 Å². The number of amides is 2. The third-order valence-electron chi connectivity index (χ3n) is 2.91. The fourth-order valence-electron chi connectivity index (χ4n) is 2.07. The third-order valence-corrected chi connectivity index (χ3v) is 3.93. The van der Waals surface area contributed by atoms with E-state index in [-0.39, 0.29) is 17.2 Å². The molecule has 1 heterocycles. The Morgan fingerprint density at radius 2 is 2.06 bits per heavy atom. The SMILES string of the molecule is CS[C@@H]1C(=O)N(C(=O)O)[C@H]1Cc1ccccc1. The highest BCUT2D eigenvalue weighted by atomic mass is 32.2. The molecule has 1 N–H and O–H groups in total. The lowest BCUT2D eigenvalue weighted by Crippen LogP contribution is -2.65. The fourth-order valence-corrected chi connectivity index (χ4v) is 2.91. The molecule has 0 radical (unpaired) electrons. The van der Waals surface area contributed by atoms with Crippen LogP contribution < -0.4 is 0 Å². The summed E-state index contributed by atoms with van der Waals surface area (Å²) in [6.07, 6.45) is 1.27. The minimum atomic E-state index is -1.15. The van der Waals surface area contributed by atoms with Crippen LogP contribution in [0.3, 0.4) is 0 Å². The van der Waals surface area contributed by atoms with Gasteiger partial charge in [0.05, 0.1) is 6.04 Å². The minimum Gasteiger partial charge on any atom is -0.465 e. The molecule has 0 unspecified atom stereocenters. The normalized spacial score (nSPS) is 23.4. The maximum Gasteiger partial charge on any atom is 0.414 e. The fraction of sp³-hybridized carbons (Fsp3) is 0.333. The molecule has 1 aliphatic heterocycles. The molecule has 90 valence electrons. The number of benzene rings is 1. The van der Waals surface area contributed by atoms with Crippen molar-refractivity contribution in [3.8, 4) is 0 Å². The van der Waals surface area contributed by atoms with Gasteiger partial charge in [-0.3, -0.25) is 4.79 Å². The predicted octanol–water partition coefficient (Wildman–Crippen LogP) is 1.85. The van der Waals surface area contributed by atoms with Gasteiger partial charge in [-0.05, 0) is 18.2 Å². The van der Waals surface area contributed by atoms with Gasteiger partial charge in [-0.1, -0.05) is 30.3 Å². The number of carboxylic acid groups (broad SMARTS) is 1. The smallest absolute Gasteiger partial charge is 0.414 e. The van der Waals surface area contributed by atoms with Crippen LogP contribution in [0.1, 0.15) is 5.56 Å². The molecule has 1 aliphatic rings. The van der Waals surface area contributed by atoms with Gasteiger partial charge in [-0.25, -0.2) is 9.69 Å². The minimum absolute atomic E-state index is 0.230. The second-order valence-electron chi connectivity index (χ2n) is 3.90. The van der Waals surface area contributed by atoms with Crippen LogP contribution in [0.4, 0.5) is 4.79 Å². The Bertz CT molecular complexity index is 435. The highest BCUT2D eigenvalue weighted by Gasteiger charge is 2.50. The van der Waals surface area contributed by atoms with Crippen LogP contribution in [0.5, 0.6) is 0 Å². The number of rotatable bonds is 3. The van der Waals surface area contributed by atoms with Crippen LogP contribution in [0.2, 0.25) is 0 Å². The zero-order chi connectivity index (χ0) is 12.4. The monoisotopic (exact) mass is 251 g/mol. The molecule has 1 fully saturated rings. The van der Waals surface area contributed by atoms with Crippen molar-refractivity contribution in [1.82, 2.24) is 4.90 Å². The molecule has 1 aromatic carbocycles. The molecule has 17 heavy (non-hydrogen) atoms. The molecule has 2 amide bonds. The van der Waals surface area contributed by atoms with E-state index < -0.39 is 6.09 Å². The van der Waals surface area contributed by atoms with E-state index in [9.17, 15) is 9.59 Å². The average Bonchev–Trinajstić information content (AvgIpc) is 2.30. The largest absolute Gasteiger partial charge is 0.465 e. The first-order chi connectivity index (χ1) is 8.15. The van der Waals surface area contributed by atoms with Crippen LogP contribution >= 0.6 is 11.8 Å². The number of hydrogen-bond donors (Lipinski definition) is 1. The van der Waals surface area contributed by atoms with E-state index in [1.54, 1.807) is 0 Å². The second-order valence-corrected chi connectivity index (χ2v) is 4.88. The van der Waals surface area contributed by atoms with Gasteiger partial charge in [0.1, 0.15) is 5.25 Å². The van der Waals surface area contributed by atoms with Crippen LogP contribution in [0, 0.1) is 0 Å². The van der Waals surface area contributed by atoms with Crippen molar-refractivity contribution in [3.05, 3.63) is 35.9 Å². The molecule has 0 saturated carbocycles. The van der Waals surface area contributed by atoms with Crippen molar-refractivity contribution in [2.45, 2.75) is 17.7 Å². The topological polar surface area (TPSA) is 57.6 Å². The highest BCUT2D eigenvalue weighted by Crippen LogP contribution is 2.31. The first kappa shape index (κ1) is 12.0. The van der Waals surface area contributed by atoms with Crippen LogP contribution in [0.15, 0.2) is 30.3 Å². The summed E-state index contributed by atoms with van der Waals surface area (Å²) in [5.41, 5.74) is 1.05. The summed E-state index contributed by atoms with van der Waals surface area (Å²) in [5.74, 6) is -0.300. The van der Waals surface area contributed by atoms with Gasteiger partial charge in [0.15, 0.2) is 0 Å². The number of thioether (sulfide) groups is 1. The average molecular weight is 251 g/mol. The van der Waals surface area contributed by atoms with Crippen LogP contribution in [-0.4, -0.2) is 39.6 Å². The van der Waals surface area contributed by atoms with E-state index in [0.717, 1.165) is 10.5 Å². The number of likely N-dealkylation sites (tertiary alicyclic amines) is 1. The molecule has 2 atom stereocenters. The molecular weight excluding hydrogens is 238 g/mol. The summed E-state index contributed by atoms with van der Waals surface area (Å²) in [4.78, 5) is 23.4. The molecule has 0 aromatic heterocycles. The zero-order valence-corrected chi connectivity index (χ0v) is 10.2. The first-order valence-corrected chi connectivity index (χ1v) is 6.56. The highest BCUT2D eigenvalue weighted by molar-refractivity contribution is 8.00. The van der Waals surface area contributed by atoms with E-state index in [1.807, 2.05) is 36.6 Å².